The van der Waals surface area contributed by atoms with E-state index in [0.29, 0.717) is 36.2 Å². The molecule has 0 bridgehead atoms. The summed E-state index contributed by atoms with van der Waals surface area (Å²) >= 11 is 6.03. The standard InChI is InChI=1S/C20H21ClN2O3/c1-14-2-4-15(5-3-14)13-22-19(24)8-9-20(25)23-10-11-26-18-7-6-16(21)12-17(18)23/h2-7,12H,8-11,13H2,1H3,(H,22,24). The van der Waals surface area contributed by atoms with Crippen LogP contribution in [0.2, 0.25) is 5.02 Å². The fourth-order valence-corrected chi connectivity index (χ4v) is 2.97. The summed E-state index contributed by atoms with van der Waals surface area (Å²) in [5.41, 5.74) is 2.87. The highest BCUT2D eigenvalue weighted by Gasteiger charge is 2.24. The fraction of sp³-hybridized carbons (Fsp3) is 0.300. The predicted octanol–water partition coefficient (Wildman–Crippen LogP) is 3.47. The molecule has 0 aromatic heterocycles. The molecule has 2 aromatic rings. The molecule has 1 heterocycles. The van der Waals surface area contributed by atoms with Crippen molar-refractivity contribution in [1.82, 2.24) is 5.32 Å². The van der Waals surface area contributed by atoms with Crippen LogP contribution in [-0.2, 0) is 16.1 Å². The molecule has 0 aliphatic carbocycles. The van der Waals surface area contributed by atoms with Gasteiger partial charge < -0.3 is 15.0 Å². The number of anilines is 1. The van der Waals surface area contributed by atoms with E-state index in [1.165, 1.54) is 5.56 Å². The van der Waals surface area contributed by atoms with Gasteiger partial charge in [0.25, 0.3) is 0 Å². The van der Waals surface area contributed by atoms with Crippen LogP contribution >= 0.6 is 11.6 Å². The fourth-order valence-electron chi connectivity index (χ4n) is 2.80. The first-order chi connectivity index (χ1) is 12.5. The molecule has 0 saturated heterocycles. The highest BCUT2D eigenvalue weighted by atomic mass is 35.5. The van der Waals surface area contributed by atoms with Gasteiger partial charge in [-0.25, -0.2) is 0 Å². The second-order valence-corrected chi connectivity index (χ2v) is 6.70. The lowest BCUT2D eigenvalue weighted by atomic mass is 10.1. The summed E-state index contributed by atoms with van der Waals surface area (Å²) in [5, 5.41) is 3.39. The van der Waals surface area contributed by atoms with Gasteiger partial charge in [0.1, 0.15) is 12.4 Å². The Bertz CT molecular complexity index is 805. The van der Waals surface area contributed by atoms with Crippen LogP contribution in [0.4, 0.5) is 5.69 Å². The summed E-state index contributed by atoms with van der Waals surface area (Å²) in [7, 11) is 0. The van der Waals surface area contributed by atoms with E-state index in [2.05, 4.69) is 5.32 Å². The van der Waals surface area contributed by atoms with E-state index in [9.17, 15) is 9.59 Å². The van der Waals surface area contributed by atoms with Crippen molar-refractivity contribution in [2.45, 2.75) is 26.3 Å². The molecule has 0 radical (unpaired) electrons. The summed E-state index contributed by atoms with van der Waals surface area (Å²) in [5.74, 6) is 0.388. The Morgan fingerprint density at radius 3 is 2.69 bits per heavy atom. The number of amides is 2. The van der Waals surface area contributed by atoms with Crippen molar-refractivity contribution >= 4 is 29.1 Å². The molecule has 1 N–H and O–H groups in total. The van der Waals surface area contributed by atoms with Gasteiger partial charge in [0.05, 0.1) is 12.2 Å². The Balaban J connectivity index is 1.52. The number of ether oxygens (including phenoxy) is 1. The maximum absolute atomic E-state index is 12.5. The van der Waals surface area contributed by atoms with Crippen molar-refractivity contribution in [3.05, 3.63) is 58.6 Å². The molecule has 2 amide bonds. The number of hydrogen-bond donors (Lipinski definition) is 1. The van der Waals surface area contributed by atoms with Gasteiger partial charge in [-0.15, -0.1) is 0 Å². The van der Waals surface area contributed by atoms with Gasteiger partial charge in [0.2, 0.25) is 11.8 Å². The summed E-state index contributed by atoms with van der Waals surface area (Å²) in [6.07, 6.45) is 0.295. The van der Waals surface area contributed by atoms with E-state index in [1.807, 2.05) is 31.2 Å². The number of aryl methyl sites for hydroxylation is 1. The molecule has 0 saturated carbocycles. The highest BCUT2D eigenvalue weighted by molar-refractivity contribution is 6.31. The van der Waals surface area contributed by atoms with Gasteiger partial charge in [-0.3, -0.25) is 9.59 Å². The number of nitrogens with zero attached hydrogens (tertiary/aromatic N) is 1. The zero-order valence-electron chi connectivity index (χ0n) is 14.6. The SMILES string of the molecule is Cc1ccc(CNC(=O)CCC(=O)N2CCOc3ccc(Cl)cc32)cc1. The maximum atomic E-state index is 12.5. The number of hydrogen-bond acceptors (Lipinski definition) is 3. The monoisotopic (exact) mass is 372 g/mol. The summed E-state index contributed by atoms with van der Waals surface area (Å²) in [6, 6.07) is 13.2. The number of carbonyl (C=O) groups is 2. The minimum absolute atomic E-state index is 0.109. The highest BCUT2D eigenvalue weighted by Crippen LogP contribution is 2.34. The quantitative estimate of drug-likeness (QED) is 0.874. The van der Waals surface area contributed by atoms with Crippen LogP contribution in [-0.4, -0.2) is 25.0 Å². The second-order valence-electron chi connectivity index (χ2n) is 6.27. The van der Waals surface area contributed by atoms with E-state index in [1.54, 1.807) is 23.1 Å². The Morgan fingerprint density at radius 2 is 1.92 bits per heavy atom. The minimum Gasteiger partial charge on any atom is -0.490 e. The Kier molecular flexibility index (Phi) is 5.78. The normalized spacial score (nSPS) is 12.9. The van der Waals surface area contributed by atoms with Gasteiger partial charge in [-0.2, -0.15) is 0 Å². The smallest absolute Gasteiger partial charge is 0.227 e. The van der Waals surface area contributed by atoms with Crippen molar-refractivity contribution in [2.24, 2.45) is 0 Å². The third-order valence-corrected chi connectivity index (χ3v) is 4.50. The molecule has 5 nitrogen and oxygen atoms in total. The van der Waals surface area contributed by atoms with Crippen molar-refractivity contribution in [2.75, 3.05) is 18.1 Å². The number of nitrogens with one attached hydrogen (secondary N) is 1. The summed E-state index contributed by atoms with van der Waals surface area (Å²) in [4.78, 5) is 26.2. The predicted molar refractivity (Wildman–Crippen MR) is 102 cm³/mol. The lowest BCUT2D eigenvalue weighted by molar-refractivity contribution is -0.125. The minimum atomic E-state index is -0.140. The molecule has 0 spiro atoms. The Labute approximate surface area is 157 Å². The van der Waals surface area contributed by atoms with Crippen molar-refractivity contribution in [3.8, 4) is 5.75 Å². The molecule has 2 aromatic carbocycles. The van der Waals surface area contributed by atoms with E-state index < -0.39 is 0 Å². The topological polar surface area (TPSA) is 58.6 Å². The lowest BCUT2D eigenvalue weighted by Crippen LogP contribution is -2.38. The van der Waals surface area contributed by atoms with Gasteiger partial charge in [0.15, 0.2) is 0 Å². The lowest BCUT2D eigenvalue weighted by Gasteiger charge is -2.29. The molecule has 0 atom stereocenters. The van der Waals surface area contributed by atoms with Gasteiger partial charge in [-0.1, -0.05) is 41.4 Å². The Hall–Kier alpha value is -2.53. The van der Waals surface area contributed by atoms with Crippen LogP contribution in [0.1, 0.15) is 24.0 Å². The molecule has 0 unspecified atom stereocenters. The van der Waals surface area contributed by atoms with Crippen LogP contribution in [0.15, 0.2) is 42.5 Å². The van der Waals surface area contributed by atoms with Gasteiger partial charge >= 0.3 is 0 Å². The van der Waals surface area contributed by atoms with E-state index in [4.69, 9.17) is 16.3 Å². The van der Waals surface area contributed by atoms with Crippen LogP contribution in [0, 0.1) is 6.92 Å². The average Bonchev–Trinajstić information content (AvgIpc) is 2.65. The first-order valence-electron chi connectivity index (χ1n) is 8.58. The summed E-state index contributed by atoms with van der Waals surface area (Å²) < 4.78 is 5.55. The molecule has 6 heteroatoms. The molecule has 1 aliphatic rings. The number of benzene rings is 2. The molecular formula is C20H21ClN2O3. The van der Waals surface area contributed by atoms with Crippen molar-refractivity contribution in [3.63, 3.8) is 0 Å². The molecule has 0 fully saturated rings. The number of carbonyl (C=O) groups excluding carboxylic acids is 2. The molecule has 1 aliphatic heterocycles. The first-order valence-corrected chi connectivity index (χ1v) is 8.96. The van der Waals surface area contributed by atoms with Crippen LogP contribution in [0.5, 0.6) is 5.75 Å². The number of halogens is 1. The molecule has 3 rings (SSSR count). The second kappa shape index (κ2) is 8.23. The van der Waals surface area contributed by atoms with E-state index >= 15 is 0 Å². The zero-order valence-corrected chi connectivity index (χ0v) is 15.4. The average molecular weight is 373 g/mol. The van der Waals surface area contributed by atoms with Crippen LogP contribution in [0.25, 0.3) is 0 Å². The van der Waals surface area contributed by atoms with Gasteiger partial charge in [0, 0.05) is 24.4 Å². The van der Waals surface area contributed by atoms with E-state index in [0.717, 1.165) is 5.56 Å². The van der Waals surface area contributed by atoms with Crippen LogP contribution < -0.4 is 15.0 Å². The molecule has 26 heavy (non-hydrogen) atoms. The first kappa shape index (κ1) is 18.3. The largest absolute Gasteiger partial charge is 0.490 e. The number of rotatable bonds is 5. The van der Waals surface area contributed by atoms with Crippen molar-refractivity contribution in [1.29, 1.82) is 0 Å². The van der Waals surface area contributed by atoms with Crippen LogP contribution in [0.3, 0.4) is 0 Å². The zero-order chi connectivity index (χ0) is 18.5. The van der Waals surface area contributed by atoms with E-state index in [-0.39, 0.29) is 24.7 Å². The third kappa shape index (κ3) is 4.55. The number of fused-ring (bicyclic) bond motifs is 1. The third-order valence-electron chi connectivity index (χ3n) is 4.26. The Morgan fingerprint density at radius 1 is 1.15 bits per heavy atom. The summed E-state index contributed by atoms with van der Waals surface area (Å²) in [6.45, 7) is 3.37. The van der Waals surface area contributed by atoms with Crippen molar-refractivity contribution < 1.29 is 14.3 Å². The van der Waals surface area contributed by atoms with Gasteiger partial charge in [-0.05, 0) is 30.7 Å². The molecular weight excluding hydrogens is 352 g/mol. The maximum Gasteiger partial charge on any atom is 0.227 e. The molecule has 136 valence electrons.